The minimum absolute atomic E-state index is 0.127. The summed E-state index contributed by atoms with van der Waals surface area (Å²) in [5.41, 5.74) is 2.46. The first-order valence-corrected chi connectivity index (χ1v) is 8.34. The van der Waals surface area contributed by atoms with Gasteiger partial charge in [-0.25, -0.2) is 0 Å². The van der Waals surface area contributed by atoms with Crippen molar-refractivity contribution in [3.05, 3.63) is 29.8 Å². The van der Waals surface area contributed by atoms with Crippen LogP contribution >= 0.6 is 0 Å². The van der Waals surface area contributed by atoms with Crippen LogP contribution in [0.1, 0.15) is 5.56 Å². The molecule has 0 fully saturated rings. The molecule has 4 heteroatoms. The second-order valence-corrected chi connectivity index (χ2v) is 9.03. The summed E-state index contributed by atoms with van der Waals surface area (Å²) in [6.45, 7) is 7.22. The van der Waals surface area contributed by atoms with Crippen LogP contribution in [0.25, 0.3) is 0 Å². The molecule has 0 aromatic heterocycles. The minimum Gasteiger partial charge on any atom is -0.450 e. The Labute approximate surface area is 86.5 Å². The molecule has 1 aromatic rings. The number of hydrogen-bond donors (Lipinski definition) is 0. The lowest BCUT2D eigenvalue weighted by Crippen LogP contribution is -2.41. The molecule has 1 aliphatic rings. The van der Waals surface area contributed by atoms with Crippen LogP contribution in [0.4, 0.5) is 0 Å². The van der Waals surface area contributed by atoms with Crippen molar-refractivity contribution in [1.29, 1.82) is 0 Å². The fraction of sp³-hybridized carbons (Fsp3) is 0.400. The van der Waals surface area contributed by atoms with Crippen molar-refractivity contribution in [3.8, 4) is 0 Å². The average Bonchev–Trinajstić information content (AvgIpc) is 2.47. The first-order valence-electron chi connectivity index (χ1n) is 4.93. The Hall–Kier alpha value is -0.578. The lowest BCUT2D eigenvalue weighted by molar-refractivity contribution is 0.279. The Morgan fingerprint density at radius 3 is 2.71 bits per heavy atom. The summed E-state index contributed by atoms with van der Waals surface area (Å²) in [5, 5.41) is 0. The van der Waals surface area contributed by atoms with E-state index in [0.717, 1.165) is 0 Å². The minimum atomic E-state index is -1.52. The van der Waals surface area contributed by atoms with Crippen molar-refractivity contribution in [2.24, 2.45) is 0 Å². The monoisotopic (exact) mass is 206 g/mol. The van der Waals surface area contributed by atoms with Gasteiger partial charge in [-0.3, -0.25) is 0 Å². The molecule has 1 heterocycles. The van der Waals surface area contributed by atoms with E-state index in [4.69, 9.17) is 9.00 Å². The van der Waals surface area contributed by atoms with Crippen LogP contribution in [0, 0.1) is 0 Å². The third-order valence-electron chi connectivity index (χ3n) is 2.16. The first-order chi connectivity index (χ1) is 6.56. The SMILES string of the molecule is C[Si](C)(C)OB1OCc2ccccc21. The molecular weight excluding hydrogens is 191 g/mol. The van der Waals surface area contributed by atoms with Crippen LogP contribution < -0.4 is 5.46 Å². The molecule has 0 N–H and O–H groups in total. The normalized spacial score (nSPS) is 15.8. The van der Waals surface area contributed by atoms with E-state index in [1.165, 1.54) is 11.0 Å². The molecule has 0 unspecified atom stereocenters. The molecule has 0 atom stereocenters. The van der Waals surface area contributed by atoms with E-state index in [1.807, 2.05) is 12.1 Å². The van der Waals surface area contributed by atoms with Gasteiger partial charge in [0.1, 0.15) is 0 Å². The molecule has 1 aliphatic heterocycles. The molecule has 2 nitrogen and oxygen atoms in total. The summed E-state index contributed by atoms with van der Waals surface area (Å²) in [6.07, 6.45) is 0. The predicted octanol–water partition coefficient (Wildman–Crippen LogP) is 1.76. The Morgan fingerprint density at radius 2 is 2.00 bits per heavy atom. The Kier molecular flexibility index (Phi) is 2.51. The number of rotatable bonds is 2. The van der Waals surface area contributed by atoms with Crippen LogP contribution in [-0.4, -0.2) is 15.4 Å². The molecule has 0 spiro atoms. The van der Waals surface area contributed by atoms with Crippen LogP contribution in [0.15, 0.2) is 24.3 Å². The molecular formula is C10H15BO2Si. The summed E-state index contributed by atoms with van der Waals surface area (Å²) >= 11 is 0. The summed E-state index contributed by atoms with van der Waals surface area (Å²) in [4.78, 5) is 0. The highest BCUT2D eigenvalue weighted by molar-refractivity contribution is 6.80. The van der Waals surface area contributed by atoms with E-state index in [9.17, 15) is 0 Å². The highest BCUT2D eigenvalue weighted by Gasteiger charge is 2.34. The zero-order chi connectivity index (χ0) is 10.2. The zero-order valence-electron chi connectivity index (χ0n) is 8.91. The molecule has 2 rings (SSSR count). The van der Waals surface area contributed by atoms with Gasteiger partial charge < -0.3 is 9.00 Å². The fourth-order valence-corrected chi connectivity index (χ4v) is 2.41. The number of hydrogen-bond acceptors (Lipinski definition) is 2. The third-order valence-corrected chi connectivity index (χ3v) is 3.08. The van der Waals surface area contributed by atoms with Crippen LogP contribution in [0.3, 0.4) is 0 Å². The maximum absolute atomic E-state index is 5.94. The van der Waals surface area contributed by atoms with Gasteiger partial charge in [-0.05, 0) is 30.7 Å². The van der Waals surface area contributed by atoms with Crippen LogP contribution in [0.2, 0.25) is 19.6 Å². The smallest absolute Gasteiger partial charge is 0.450 e. The van der Waals surface area contributed by atoms with Gasteiger partial charge in [0.15, 0.2) is 8.32 Å². The van der Waals surface area contributed by atoms with Crippen molar-refractivity contribution in [2.75, 3.05) is 0 Å². The van der Waals surface area contributed by atoms with E-state index in [-0.39, 0.29) is 7.12 Å². The van der Waals surface area contributed by atoms with Crippen molar-refractivity contribution in [3.63, 3.8) is 0 Å². The largest absolute Gasteiger partial charge is 0.483 e. The van der Waals surface area contributed by atoms with Gasteiger partial charge in [-0.1, -0.05) is 24.3 Å². The highest BCUT2D eigenvalue weighted by atomic mass is 28.4. The van der Waals surface area contributed by atoms with Crippen molar-refractivity contribution >= 4 is 20.9 Å². The highest BCUT2D eigenvalue weighted by Crippen LogP contribution is 2.14. The summed E-state index contributed by atoms with van der Waals surface area (Å²) in [5.74, 6) is 0. The van der Waals surface area contributed by atoms with E-state index in [0.29, 0.717) is 6.61 Å². The van der Waals surface area contributed by atoms with Gasteiger partial charge >= 0.3 is 7.12 Å². The second-order valence-electron chi connectivity index (χ2n) is 4.57. The quantitative estimate of drug-likeness (QED) is 0.686. The van der Waals surface area contributed by atoms with E-state index >= 15 is 0 Å². The lowest BCUT2D eigenvalue weighted by atomic mass is 9.80. The zero-order valence-corrected chi connectivity index (χ0v) is 9.91. The maximum Gasteiger partial charge on any atom is 0.483 e. The predicted molar refractivity (Wildman–Crippen MR) is 61.1 cm³/mol. The Balaban J connectivity index is 2.18. The second kappa shape index (κ2) is 3.53. The van der Waals surface area contributed by atoms with Crippen molar-refractivity contribution < 1.29 is 9.00 Å². The third kappa shape index (κ3) is 2.08. The molecule has 1 aromatic carbocycles. The molecule has 0 amide bonds. The first kappa shape index (κ1) is 9.96. The van der Waals surface area contributed by atoms with Crippen molar-refractivity contribution in [2.45, 2.75) is 26.2 Å². The van der Waals surface area contributed by atoms with E-state index in [2.05, 4.69) is 31.8 Å². The molecule has 14 heavy (non-hydrogen) atoms. The maximum atomic E-state index is 5.94. The van der Waals surface area contributed by atoms with Crippen molar-refractivity contribution in [1.82, 2.24) is 0 Å². The van der Waals surface area contributed by atoms with E-state index in [1.54, 1.807) is 0 Å². The number of benzene rings is 1. The Bertz CT molecular complexity index is 335. The van der Waals surface area contributed by atoms with E-state index < -0.39 is 8.32 Å². The summed E-state index contributed by atoms with van der Waals surface area (Å²) in [7, 11) is -1.64. The number of fused-ring (bicyclic) bond motifs is 1. The lowest BCUT2D eigenvalue weighted by Gasteiger charge is -2.20. The van der Waals surface area contributed by atoms with Gasteiger partial charge in [0.2, 0.25) is 0 Å². The summed E-state index contributed by atoms with van der Waals surface area (Å²) in [6, 6.07) is 8.27. The fourth-order valence-electron chi connectivity index (χ4n) is 1.57. The standard InChI is InChI=1S/C10H15BO2Si/c1-14(2,3)13-11-10-7-5-4-6-9(10)8-12-11/h4-7H,8H2,1-3H3. The van der Waals surface area contributed by atoms with Gasteiger partial charge in [0.05, 0.1) is 6.61 Å². The average molecular weight is 206 g/mol. The van der Waals surface area contributed by atoms with Crippen LogP contribution in [-0.2, 0) is 15.6 Å². The van der Waals surface area contributed by atoms with Gasteiger partial charge in [-0.15, -0.1) is 0 Å². The molecule has 74 valence electrons. The molecule has 0 saturated carbocycles. The van der Waals surface area contributed by atoms with Crippen LogP contribution in [0.5, 0.6) is 0 Å². The molecule has 0 radical (unpaired) electrons. The van der Waals surface area contributed by atoms with Gasteiger partial charge in [0.25, 0.3) is 0 Å². The topological polar surface area (TPSA) is 18.5 Å². The molecule has 0 aliphatic carbocycles. The van der Waals surface area contributed by atoms with Gasteiger partial charge in [0, 0.05) is 0 Å². The Morgan fingerprint density at radius 1 is 1.29 bits per heavy atom. The van der Waals surface area contributed by atoms with Gasteiger partial charge in [-0.2, -0.15) is 0 Å². The molecule has 0 saturated heterocycles. The summed E-state index contributed by atoms with van der Waals surface area (Å²) < 4.78 is 11.6. The molecule has 0 bridgehead atoms.